The smallest absolute Gasteiger partial charge is 0.161 e. The second-order valence-corrected chi connectivity index (χ2v) is 10.2. The van der Waals surface area contributed by atoms with E-state index in [4.69, 9.17) is 31.5 Å². The third-order valence-electron chi connectivity index (χ3n) is 7.80. The summed E-state index contributed by atoms with van der Waals surface area (Å²) in [5, 5.41) is 13.5. The van der Waals surface area contributed by atoms with Crippen LogP contribution in [-0.4, -0.2) is 31.3 Å². The summed E-state index contributed by atoms with van der Waals surface area (Å²) in [7, 11) is 0. The highest BCUT2D eigenvalue weighted by Crippen LogP contribution is 2.51. The number of nitrogens with two attached hydrogens (primary N) is 1. The lowest BCUT2D eigenvalue weighted by atomic mass is 9.67. The minimum atomic E-state index is -0.524. The summed E-state index contributed by atoms with van der Waals surface area (Å²) in [5.41, 5.74) is 9.24. The molecule has 0 aromatic heterocycles. The molecule has 0 amide bonds. The van der Waals surface area contributed by atoms with Crippen molar-refractivity contribution in [2.75, 3.05) is 6.61 Å². The molecule has 3 fully saturated rings. The van der Waals surface area contributed by atoms with Crippen molar-refractivity contribution < 1.29 is 14.2 Å². The maximum Gasteiger partial charge on any atom is 0.161 e. The Kier molecular flexibility index (Phi) is 5.36. The van der Waals surface area contributed by atoms with Crippen LogP contribution in [0.5, 0.6) is 5.75 Å². The minimum absolute atomic E-state index is 0.0994. The van der Waals surface area contributed by atoms with Crippen molar-refractivity contribution in [3.8, 4) is 22.9 Å². The van der Waals surface area contributed by atoms with Gasteiger partial charge < -0.3 is 14.2 Å². The molecule has 5 atom stereocenters. The fourth-order valence-corrected chi connectivity index (χ4v) is 6.17. The molecule has 6 rings (SSSR count). The van der Waals surface area contributed by atoms with Crippen LogP contribution in [0.2, 0.25) is 5.02 Å². The van der Waals surface area contributed by atoms with E-state index in [0.29, 0.717) is 23.3 Å². The van der Waals surface area contributed by atoms with Gasteiger partial charge in [-0.25, -0.2) is 0 Å². The van der Waals surface area contributed by atoms with Gasteiger partial charge in [0.25, 0.3) is 0 Å². The van der Waals surface area contributed by atoms with Crippen molar-refractivity contribution >= 4 is 11.6 Å². The van der Waals surface area contributed by atoms with Crippen LogP contribution in [0.1, 0.15) is 49.7 Å². The summed E-state index contributed by atoms with van der Waals surface area (Å²) in [6.07, 6.45) is 6.76. The monoisotopic (exact) mass is 465 g/mol. The van der Waals surface area contributed by atoms with Gasteiger partial charge in [0, 0.05) is 16.5 Å². The van der Waals surface area contributed by atoms with Gasteiger partial charge in [0.1, 0.15) is 11.9 Å². The average molecular weight is 466 g/mol. The molecule has 2 aliphatic carbocycles. The predicted molar refractivity (Wildman–Crippen MR) is 125 cm³/mol. The average Bonchev–Trinajstić information content (AvgIpc) is 3.18. The van der Waals surface area contributed by atoms with Gasteiger partial charge in [0.2, 0.25) is 0 Å². The van der Waals surface area contributed by atoms with E-state index >= 15 is 0 Å². The highest BCUT2D eigenvalue weighted by molar-refractivity contribution is 6.31. The van der Waals surface area contributed by atoms with Gasteiger partial charge in [-0.2, -0.15) is 5.26 Å². The summed E-state index contributed by atoms with van der Waals surface area (Å²) in [4.78, 5) is 0. The number of nitrogens with zero attached hydrogens (tertiary/aromatic N) is 1. The van der Waals surface area contributed by atoms with Crippen molar-refractivity contribution in [3.05, 3.63) is 52.5 Å². The molecule has 4 aliphatic rings. The third-order valence-corrected chi connectivity index (χ3v) is 8.02. The summed E-state index contributed by atoms with van der Waals surface area (Å²) in [6.45, 7) is 0.490. The van der Waals surface area contributed by atoms with E-state index in [2.05, 4.69) is 17.5 Å². The van der Waals surface area contributed by atoms with Crippen LogP contribution in [0.3, 0.4) is 0 Å². The molecule has 3 N–H and O–H groups in total. The molecule has 172 valence electrons. The summed E-state index contributed by atoms with van der Waals surface area (Å²) < 4.78 is 18.9. The fraction of sp³-hybridized carbons (Fsp3) is 0.500. The van der Waals surface area contributed by atoms with Crippen molar-refractivity contribution in [2.45, 2.75) is 68.7 Å². The van der Waals surface area contributed by atoms with E-state index in [9.17, 15) is 5.26 Å². The SMILES string of the molecule is N#Cc1cc(Cl)cc(-c2ccc3c(c2)[C@@]2(COC(N)N2)[C@H]2C[C@@H](OC4CCC4)CC[C@@H]2O3)c1. The van der Waals surface area contributed by atoms with E-state index in [1.807, 2.05) is 24.3 Å². The van der Waals surface area contributed by atoms with Crippen molar-refractivity contribution in [3.63, 3.8) is 0 Å². The number of benzene rings is 2. The number of nitrogens with one attached hydrogen (secondary N) is 1. The number of hydrogen-bond acceptors (Lipinski definition) is 6. The van der Waals surface area contributed by atoms with Crippen LogP contribution in [0.25, 0.3) is 11.1 Å². The Balaban J connectivity index is 1.39. The quantitative estimate of drug-likeness (QED) is 0.696. The number of ether oxygens (including phenoxy) is 3. The van der Waals surface area contributed by atoms with Gasteiger partial charge in [-0.1, -0.05) is 17.7 Å². The maximum absolute atomic E-state index is 9.38. The second kappa shape index (κ2) is 8.26. The lowest BCUT2D eigenvalue weighted by molar-refractivity contribution is -0.107. The Morgan fingerprint density at radius 3 is 2.70 bits per heavy atom. The molecule has 0 radical (unpaired) electrons. The Morgan fingerprint density at radius 2 is 1.97 bits per heavy atom. The Labute approximate surface area is 199 Å². The topological polar surface area (TPSA) is 89.5 Å². The van der Waals surface area contributed by atoms with Crippen LogP contribution in [0, 0.1) is 17.2 Å². The van der Waals surface area contributed by atoms with Gasteiger partial charge in [-0.3, -0.25) is 11.1 Å². The van der Waals surface area contributed by atoms with E-state index < -0.39 is 11.9 Å². The molecule has 2 aromatic carbocycles. The van der Waals surface area contributed by atoms with Crippen LogP contribution >= 0.6 is 11.6 Å². The standard InChI is InChI=1S/C26H28ClN3O3/c27-18-9-15(13-28)8-17(10-18)16-4-6-23-21(11-16)26(14-31-25(29)30-26)22-12-20(5-7-24(22)33-23)32-19-2-1-3-19/h4,6,8-11,19-20,22,24-25,30H,1-3,5,7,12,14,29H2/t20-,22-,24-,25?,26-/m0/s1. The number of halogens is 1. The Bertz CT molecular complexity index is 1110. The van der Waals surface area contributed by atoms with E-state index in [1.165, 1.54) is 19.3 Å². The van der Waals surface area contributed by atoms with Crippen LogP contribution in [0.4, 0.5) is 0 Å². The third kappa shape index (κ3) is 3.73. The molecule has 2 aliphatic heterocycles. The van der Waals surface area contributed by atoms with Crippen molar-refractivity contribution in [2.24, 2.45) is 11.7 Å². The lowest BCUT2D eigenvalue weighted by Crippen LogP contribution is -2.59. The lowest BCUT2D eigenvalue weighted by Gasteiger charge is -2.50. The van der Waals surface area contributed by atoms with Gasteiger partial charge in [0.15, 0.2) is 6.35 Å². The van der Waals surface area contributed by atoms with Crippen molar-refractivity contribution in [1.29, 1.82) is 5.26 Å². The molecule has 2 saturated carbocycles. The van der Waals surface area contributed by atoms with E-state index in [-0.39, 0.29) is 18.1 Å². The minimum Gasteiger partial charge on any atom is -0.490 e. The molecule has 7 heteroatoms. The number of rotatable bonds is 3. The molecule has 6 nitrogen and oxygen atoms in total. The van der Waals surface area contributed by atoms with Crippen LogP contribution in [0.15, 0.2) is 36.4 Å². The molecule has 33 heavy (non-hydrogen) atoms. The second-order valence-electron chi connectivity index (χ2n) is 9.79. The first-order chi connectivity index (χ1) is 16.0. The number of hydrogen-bond donors (Lipinski definition) is 2. The largest absolute Gasteiger partial charge is 0.490 e. The van der Waals surface area contributed by atoms with E-state index in [0.717, 1.165) is 41.7 Å². The zero-order chi connectivity index (χ0) is 22.6. The molecule has 2 heterocycles. The van der Waals surface area contributed by atoms with Gasteiger partial charge in [0.05, 0.1) is 36.0 Å². The van der Waals surface area contributed by atoms with E-state index in [1.54, 1.807) is 6.07 Å². The zero-order valence-electron chi connectivity index (χ0n) is 18.4. The fourth-order valence-electron chi connectivity index (χ4n) is 5.94. The Hall–Kier alpha value is -2.14. The summed E-state index contributed by atoms with van der Waals surface area (Å²) in [5.74, 6) is 1.06. The van der Waals surface area contributed by atoms with Gasteiger partial charge in [-0.15, -0.1) is 0 Å². The molecule has 2 aromatic rings. The molecule has 1 spiro atoms. The van der Waals surface area contributed by atoms with Crippen LogP contribution in [-0.2, 0) is 15.0 Å². The van der Waals surface area contributed by atoms with Crippen LogP contribution < -0.4 is 15.8 Å². The Morgan fingerprint density at radius 1 is 1.09 bits per heavy atom. The highest BCUT2D eigenvalue weighted by atomic mass is 35.5. The number of fused-ring (bicyclic) bond motifs is 4. The van der Waals surface area contributed by atoms with Gasteiger partial charge >= 0.3 is 0 Å². The number of nitriles is 1. The highest BCUT2D eigenvalue weighted by Gasteiger charge is 2.56. The first-order valence-corrected chi connectivity index (χ1v) is 12.2. The molecule has 1 unspecified atom stereocenters. The maximum atomic E-state index is 9.38. The molecule has 0 bridgehead atoms. The normalized spacial score (nSPS) is 33.0. The predicted octanol–water partition coefficient (Wildman–Crippen LogP) is 4.43. The first kappa shape index (κ1) is 21.4. The van der Waals surface area contributed by atoms with Gasteiger partial charge in [-0.05, 0) is 80.0 Å². The zero-order valence-corrected chi connectivity index (χ0v) is 19.2. The molecule has 1 saturated heterocycles. The van der Waals surface area contributed by atoms with Crippen molar-refractivity contribution in [1.82, 2.24) is 5.32 Å². The first-order valence-electron chi connectivity index (χ1n) is 11.9. The molecular formula is C26H28ClN3O3. The summed E-state index contributed by atoms with van der Waals surface area (Å²) in [6, 6.07) is 13.8. The molecular weight excluding hydrogens is 438 g/mol. The summed E-state index contributed by atoms with van der Waals surface area (Å²) >= 11 is 6.29.